The van der Waals surface area contributed by atoms with Gasteiger partial charge in [0.1, 0.15) is 0 Å². The lowest BCUT2D eigenvalue weighted by atomic mass is 9.88. The average Bonchev–Trinajstić information content (AvgIpc) is 2.49. The summed E-state index contributed by atoms with van der Waals surface area (Å²) in [6.45, 7) is 3.10. The van der Waals surface area contributed by atoms with Crippen LogP contribution in [0.5, 0.6) is 0 Å². The zero-order valence-corrected chi connectivity index (χ0v) is 13.0. The predicted molar refractivity (Wildman–Crippen MR) is 84.3 cm³/mol. The molecule has 0 aliphatic carbocycles. The molecular formula is C17H22OSi. The fourth-order valence-corrected chi connectivity index (χ4v) is 2.92. The largest absolute Gasteiger partial charge is 0.424 e. The van der Waals surface area contributed by atoms with Gasteiger partial charge in [0.25, 0.3) is 0 Å². The fourth-order valence-electron chi connectivity index (χ4n) is 2.43. The third-order valence-corrected chi connectivity index (χ3v) is 4.09. The number of rotatable bonds is 7. The summed E-state index contributed by atoms with van der Waals surface area (Å²) in [6, 6.07) is 21.6. The highest BCUT2D eigenvalue weighted by atomic mass is 28.2. The van der Waals surface area contributed by atoms with E-state index in [-0.39, 0.29) is 9.76 Å². The van der Waals surface area contributed by atoms with Crippen molar-refractivity contribution in [1.29, 1.82) is 0 Å². The van der Waals surface area contributed by atoms with Crippen LogP contribution in [-0.2, 0) is 4.43 Å². The van der Waals surface area contributed by atoms with E-state index in [0.29, 0.717) is 5.92 Å². The van der Waals surface area contributed by atoms with Crippen molar-refractivity contribution in [1.82, 2.24) is 0 Å². The maximum absolute atomic E-state index is 5.59. The van der Waals surface area contributed by atoms with Gasteiger partial charge < -0.3 is 4.43 Å². The smallest absolute Gasteiger partial charge is 0.158 e. The highest BCUT2D eigenvalue weighted by molar-refractivity contribution is 6.24. The van der Waals surface area contributed by atoms with Crippen molar-refractivity contribution in [3.05, 3.63) is 71.8 Å². The molecule has 0 aromatic heterocycles. The SMILES string of the molecule is C[SiH2]OCCCC(c1ccccc1)c1ccccc1. The van der Waals surface area contributed by atoms with E-state index in [1.165, 1.54) is 11.1 Å². The number of hydrogen-bond acceptors (Lipinski definition) is 1. The minimum Gasteiger partial charge on any atom is -0.424 e. The first-order chi connectivity index (χ1) is 9.42. The highest BCUT2D eigenvalue weighted by Crippen LogP contribution is 2.28. The molecule has 0 amide bonds. The molecule has 0 saturated carbocycles. The Morgan fingerprint density at radius 2 is 1.42 bits per heavy atom. The van der Waals surface area contributed by atoms with E-state index in [1.54, 1.807) is 0 Å². The van der Waals surface area contributed by atoms with Crippen LogP contribution in [0.3, 0.4) is 0 Å². The van der Waals surface area contributed by atoms with Crippen molar-refractivity contribution in [2.45, 2.75) is 25.3 Å². The molecule has 0 heterocycles. The Hall–Kier alpha value is -1.38. The first-order valence-electron chi connectivity index (χ1n) is 7.09. The minimum absolute atomic E-state index is 0.256. The Morgan fingerprint density at radius 1 is 0.895 bits per heavy atom. The van der Waals surface area contributed by atoms with Gasteiger partial charge in [-0.3, -0.25) is 0 Å². The zero-order chi connectivity index (χ0) is 13.3. The summed E-state index contributed by atoms with van der Waals surface area (Å²) < 4.78 is 5.59. The molecule has 0 N–H and O–H groups in total. The minimum atomic E-state index is -0.256. The van der Waals surface area contributed by atoms with Crippen molar-refractivity contribution < 1.29 is 4.43 Å². The van der Waals surface area contributed by atoms with Crippen LogP contribution in [0.25, 0.3) is 0 Å². The van der Waals surface area contributed by atoms with Crippen LogP contribution in [0.15, 0.2) is 60.7 Å². The lowest BCUT2D eigenvalue weighted by Crippen LogP contribution is -2.04. The van der Waals surface area contributed by atoms with Gasteiger partial charge in [0, 0.05) is 12.5 Å². The van der Waals surface area contributed by atoms with Gasteiger partial charge in [-0.1, -0.05) is 67.2 Å². The Morgan fingerprint density at radius 3 is 1.89 bits per heavy atom. The van der Waals surface area contributed by atoms with Crippen LogP contribution in [0.2, 0.25) is 6.55 Å². The second-order valence-corrected chi connectivity index (χ2v) is 5.70. The molecule has 0 radical (unpaired) electrons. The molecule has 100 valence electrons. The summed E-state index contributed by atoms with van der Waals surface area (Å²) in [5, 5.41) is 0. The van der Waals surface area contributed by atoms with Gasteiger partial charge in [-0.25, -0.2) is 0 Å². The molecule has 0 aliphatic rings. The predicted octanol–water partition coefficient (Wildman–Crippen LogP) is 3.75. The summed E-state index contributed by atoms with van der Waals surface area (Å²) in [5.74, 6) is 0.490. The van der Waals surface area contributed by atoms with Crippen LogP contribution >= 0.6 is 0 Å². The first-order valence-corrected chi connectivity index (χ1v) is 9.08. The van der Waals surface area contributed by atoms with E-state index >= 15 is 0 Å². The number of hydrogen-bond donors (Lipinski definition) is 0. The normalized spacial score (nSPS) is 11.5. The molecule has 19 heavy (non-hydrogen) atoms. The maximum Gasteiger partial charge on any atom is 0.158 e. The van der Waals surface area contributed by atoms with E-state index in [0.717, 1.165) is 19.4 Å². The molecule has 0 unspecified atom stereocenters. The summed E-state index contributed by atoms with van der Waals surface area (Å²) in [7, 11) is -0.256. The van der Waals surface area contributed by atoms with Crippen molar-refractivity contribution in [2.75, 3.05) is 6.61 Å². The van der Waals surface area contributed by atoms with E-state index in [2.05, 4.69) is 67.2 Å². The second-order valence-electron chi connectivity index (χ2n) is 4.71. The van der Waals surface area contributed by atoms with Gasteiger partial charge in [-0.15, -0.1) is 0 Å². The molecule has 0 atom stereocenters. The summed E-state index contributed by atoms with van der Waals surface area (Å²) >= 11 is 0. The average molecular weight is 270 g/mol. The highest BCUT2D eigenvalue weighted by Gasteiger charge is 2.12. The molecule has 2 aromatic rings. The van der Waals surface area contributed by atoms with Crippen molar-refractivity contribution in [2.24, 2.45) is 0 Å². The maximum atomic E-state index is 5.59. The quantitative estimate of drug-likeness (QED) is 0.550. The molecule has 2 rings (SSSR count). The summed E-state index contributed by atoms with van der Waals surface area (Å²) in [4.78, 5) is 0. The monoisotopic (exact) mass is 270 g/mol. The topological polar surface area (TPSA) is 9.23 Å². The Labute approximate surface area is 118 Å². The van der Waals surface area contributed by atoms with Crippen LogP contribution in [0.1, 0.15) is 29.9 Å². The molecule has 0 bridgehead atoms. The lowest BCUT2D eigenvalue weighted by Gasteiger charge is -2.18. The standard InChI is InChI=1S/C17H22OSi/c1-19-18-14-8-13-17(15-9-4-2-5-10-15)16-11-6-3-7-12-16/h2-7,9-12,17H,8,13-14,19H2,1H3. The summed E-state index contributed by atoms with van der Waals surface area (Å²) in [5.41, 5.74) is 2.81. The van der Waals surface area contributed by atoms with Gasteiger partial charge in [-0.05, 0) is 24.0 Å². The third-order valence-electron chi connectivity index (χ3n) is 3.39. The fraction of sp³-hybridized carbons (Fsp3) is 0.294. The molecule has 0 spiro atoms. The van der Waals surface area contributed by atoms with Gasteiger partial charge >= 0.3 is 0 Å². The van der Waals surface area contributed by atoms with Crippen LogP contribution < -0.4 is 0 Å². The van der Waals surface area contributed by atoms with E-state index in [1.807, 2.05) is 0 Å². The molecule has 2 aromatic carbocycles. The Kier molecular flexibility index (Phi) is 5.85. The van der Waals surface area contributed by atoms with Crippen LogP contribution in [0, 0.1) is 0 Å². The van der Waals surface area contributed by atoms with Gasteiger partial charge in [0.05, 0.1) is 0 Å². The van der Waals surface area contributed by atoms with Crippen molar-refractivity contribution in [3.63, 3.8) is 0 Å². The van der Waals surface area contributed by atoms with Gasteiger partial charge in [-0.2, -0.15) is 0 Å². The second kappa shape index (κ2) is 7.92. The van der Waals surface area contributed by atoms with E-state index in [9.17, 15) is 0 Å². The lowest BCUT2D eigenvalue weighted by molar-refractivity contribution is 0.323. The third kappa shape index (κ3) is 4.34. The molecule has 0 saturated heterocycles. The zero-order valence-electron chi connectivity index (χ0n) is 11.6. The summed E-state index contributed by atoms with van der Waals surface area (Å²) in [6.07, 6.45) is 2.29. The molecule has 0 fully saturated rings. The Bertz CT molecular complexity index is 416. The first kappa shape index (κ1) is 14.0. The van der Waals surface area contributed by atoms with Crippen molar-refractivity contribution in [3.8, 4) is 0 Å². The molecule has 2 heteroatoms. The van der Waals surface area contributed by atoms with Gasteiger partial charge in [0.15, 0.2) is 9.76 Å². The van der Waals surface area contributed by atoms with E-state index in [4.69, 9.17) is 4.43 Å². The van der Waals surface area contributed by atoms with Gasteiger partial charge in [0.2, 0.25) is 0 Å². The molecular weight excluding hydrogens is 248 g/mol. The van der Waals surface area contributed by atoms with Crippen molar-refractivity contribution >= 4 is 9.76 Å². The Balaban J connectivity index is 2.10. The van der Waals surface area contributed by atoms with Crippen LogP contribution in [-0.4, -0.2) is 16.4 Å². The molecule has 1 nitrogen and oxygen atoms in total. The van der Waals surface area contributed by atoms with Crippen LogP contribution in [0.4, 0.5) is 0 Å². The number of benzene rings is 2. The molecule has 0 aliphatic heterocycles. The van der Waals surface area contributed by atoms with E-state index < -0.39 is 0 Å².